The number of carbonyl (C=O) groups excluding carboxylic acids is 2. The Morgan fingerprint density at radius 1 is 1.05 bits per heavy atom. The zero-order chi connectivity index (χ0) is 30.0. The largest absolute Gasteiger partial charge is 0.481 e. The lowest BCUT2D eigenvalue weighted by Crippen LogP contribution is -2.58. The molecule has 1 aliphatic heterocycles. The van der Waals surface area contributed by atoms with E-state index in [4.69, 9.17) is 21.3 Å². The second-order valence-electron chi connectivity index (χ2n) is 10.2. The molecular formula is C31H31ClN6O4. The number of amides is 2. The summed E-state index contributed by atoms with van der Waals surface area (Å²) in [6, 6.07) is 16.7. The molecule has 2 aromatic carbocycles. The van der Waals surface area contributed by atoms with Crippen LogP contribution in [0.25, 0.3) is 22.4 Å². The van der Waals surface area contributed by atoms with Gasteiger partial charge in [0.25, 0.3) is 11.5 Å². The van der Waals surface area contributed by atoms with Gasteiger partial charge in [-0.15, -0.1) is 0 Å². The van der Waals surface area contributed by atoms with Crippen molar-refractivity contribution in [2.75, 3.05) is 25.5 Å². The summed E-state index contributed by atoms with van der Waals surface area (Å²) in [4.78, 5) is 43.5. The SMILES string of the molecule is COc1nc(-c2cccc(-c3cccc(NC(=O)c4ccnn(C)c4=O)c3C)c2Cl)ccc1CN1CC(NC(C)=O)C1. The number of carbonyl (C=O) groups is 2. The standard InChI is InChI=1S/C31H31ClN6O4/c1-18-22(7-6-10-26(18)35-29(40)25-13-14-33-37(3)31(25)41)23-8-5-9-24(28(23)32)27-12-11-20(30(36-27)42-4)15-38-16-21(17-38)34-19(2)39/h5-14,21H,15-17H2,1-4H3,(H,34,39)(H,35,40). The number of nitrogens with zero attached hydrogens (tertiary/aromatic N) is 4. The Hall–Kier alpha value is -4.54. The van der Waals surface area contributed by atoms with Crippen molar-refractivity contribution >= 4 is 29.1 Å². The molecule has 0 atom stereocenters. The van der Waals surface area contributed by atoms with Crippen LogP contribution in [-0.2, 0) is 18.4 Å². The third-order valence-corrected chi connectivity index (χ3v) is 7.70. The second kappa shape index (κ2) is 12.1. The average molecular weight is 587 g/mol. The molecule has 1 aliphatic rings. The Morgan fingerprint density at radius 3 is 2.50 bits per heavy atom. The van der Waals surface area contributed by atoms with Crippen molar-refractivity contribution in [1.29, 1.82) is 0 Å². The lowest BCUT2D eigenvalue weighted by atomic mass is 9.96. The third kappa shape index (κ3) is 5.90. The summed E-state index contributed by atoms with van der Waals surface area (Å²) >= 11 is 6.99. The van der Waals surface area contributed by atoms with Crippen LogP contribution in [0, 0.1) is 6.92 Å². The van der Waals surface area contributed by atoms with Crippen molar-refractivity contribution in [3.63, 3.8) is 0 Å². The van der Waals surface area contributed by atoms with Gasteiger partial charge in [0, 0.05) is 62.2 Å². The molecule has 1 fully saturated rings. The van der Waals surface area contributed by atoms with Gasteiger partial charge in [0.1, 0.15) is 5.56 Å². The van der Waals surface area contributed by atoms with E-state index in [2.05, 4.69) is 20.6 Å². The predicted molar refractivity (Wildman–Crippen MR) is 162 cm³/mol. The van der Waals surface area contributed by atoms with Crippen LogP contribution in [0.2, 0.25) is 5.02 Å². The first-order valence-corrected chi connectivity index (χ1v) is 13.8. The highest BCUT2D eigenvalue weighted by Gasteiger charge is 2.28. The van der Waals surface area contributed by atoms with Crippen molar-refractivity contribution in [2.45, 2.75) is 26.4 Å². The van der Waals surface area contributed by atoms with E-state index in [0.717, 1.165) is 45.6 Å². The number of anilines is 1. The molecule has 0 radical (unpaired) electrons. The molecule has 10 nitrogen and oxygen atoms in total. The van der Waals surface area contributed by atoms with Crippen molar-refractivity contribution < 1.29 is 14.3 Å². The Kier molecular flexibility index (Phi) is 8.37. The van der Waals surface area contributed by atoms with Crippen molar-refractivity contribution in [3.05, 3.63) is 92.9 Å². The number of ether oxygens (including phenoxy) is 1. The molecule has 0 unspecified atom stereocenters. The molecule has 2 N–H and O–H groups in total. The van der Waals surface area contributed by atoms with Gasteiger partial charge in [-0.2, -0.15) is 5.10 Å². The minimum atomic E-state index is -0.515. The first-order chi connectivity index (χ1) is 20.2. The highest BCUT2D eigenvalue weighted by atomic mass is 35.5. The number of aryl methyl sites for hydroxylation is 1. The Labute approximate surface area is 248 Å². The van der Waals surface area contributed by atoms with Crippen LogP contribution in [0.15, 0.2) is 65.6 Å². The molecule has 2 amide bonds. The molecule has 0 spiro atoms. The van der Waals surface area contributed by atoms with Crippen molar-refractivity contribution in [2.24, 2.45) is 7.05 Å². The van der Waals surface area contributed by atoms with Gasteiger partial charge in [0.15, 0.2) is 0 Å². The van der Waals surface area contributed by atoms with Gasteiger partial charge in [0.05, 0.1) is 23.9 Å². The van der Waals surface area contributed by atoms with E-state index in [1.54, 1.807) is 13.2 Å². The molecule has 42 heavy (non-hydrogen) atoms. The second-order valence-corrected chi connectivity index (χ2v) is 10.6. The molecule has 0 aliphatic carbocycles. The van der Waals surface area contributed by atoms with E-state index in [-0.39, 0.29) is 17.5 Å². The van der Waals surface area contributed by atoms with Gasteiger partial charge in [-0.1, -0.05) is 48.0 Å². The number of methoxy groups -OCH3 is 1. The minimum absolute atomic E-state index is 0.00227. The zero-order valence-electron chi connectivity index (χ0n) is 23.8. The van der Waals surface area contributed by atoms with Gasteiger partial charge < -0.3 is 15.4 Å². The fourth-order valence-corrected chi connectivity index (χ4v) is 5.43. The van der Waals surface area contributed by atoms with Crippen LogP contribution in [0.1, 0.15) is 28.4 Å². The maximum Gasteiger partial charge on any atom is 0.279 e. The summed E-state index contributed by atoms with van der Waals surface area (Å²) < 4.78 is 6.75. The van der Waals surface area contributed by atoms with E-state index in [9.17, 15) is 14.4 Å². The molecule has 3 heterocycles. The summed E-state index contributed by atoms with van der Waals surface area (Å²) in [6.45, 7) is 5.62. The lowest BCUT2D eigenvalue weighted by molar-refractivity contribution is -0.120. The van der Waals surface area contributed by atoms with Crippen LogP contribution in [-0.4, -0.2) is 57.7 Å². The third-order valence-electron chi connectivity index (χ3n) is 7.29. The van der Waals surface area contributed by atoms with Gasteiger partial charge in [0.2, 0.25) is 11.8 Å². The predicted octanol–water partition coefficient (Wildman–Crippen LogP) is 4.05. The molecule has 4 aromatic rings. The Balaban J connectivity index is 1.40. The van der Waals surface area contributed by atoms with Crippen LogP contribution >= 0.6 is 11.6 Å². The monoisotopic (exact) mass is 586 g/mol. The fraction of sp³-hybridized carbons (Fsp3) is 0.258. The van der Waals surface area contributed by atoms with E-state index in [1.165, 1.54) is 26.2 Å². The summed E-state index contributed by atoms with van der Waals surface area (Å²) in [5.41, 5.74) is 4.83. The normalized spacial score (nSPS) is 13.4. The Bertz CT molecular complexity index is 1730. The number of rotatable bonds is 8. The van der Waals surface area contributed by atoms with Gasteiger partial charge in [-0.3, -0.25) is 19.3 Å². The molecule has 216 valence electrons. The van der Waals surface area contributed by atoms with E-state index >= 15 is 0 Å². The zero-order valence-corrected chi connectivity index (χ0v) is 24.5. The highest BCUT2D eigenvalue weighted by molar-refractivity contribution is 6.36. The molecule has 2 aromatic heterocycles. The van der Waals surface area contributed by atoms with E-state index < -0.39 is 11.5 Å². The maximum absolute atomic E-state index is 12.9. The van der Waals surface area contributed by atoms with Gasteiger partial charge >= 0.3 is 0 Å². The van der Waals surface area contributed by atoms with Crippen LogP contribution in [0.5, 0.6) is 5.88 Å². The fourth-order valence-electron chi connectivity index (χ4n) is 5.10. The number of hydrogen-bond acceptors (Lipinski definition) is 7. The maximum atomic E-state index is 12.9. The number of aromatic nitrogens is 3. The summed E-state index contributed by atoms with van der Waals surface area (Å²) in [5, 5.41) is 10.2. The van der Waals surface area contributed by atoms with Crippen molar-refractivity contribution in [3.8, 4) is 28.3 Å². The highest BCUT2D eigenvalue weighted by Crippen LogP contribution is 2.39. The number of halogens is 1. The smallest absolute Gasteiger partial charge is 0.279 e. The summed E-state index contributed by atoms with van der Waals surface area (Å²) in [5.74, 6) is -0.0236. The van der Waals surface area contributed by atoms with Crippen LogP contribution in [0.3, 0.4) is 0 Å². The number of likely N-dealkylation sites (tertiary alicyclic amines) is 1. The molecule has 0 saturated carbocycles. The number of benzene rings is 2. The van der Waals surface area contributed by atoms with E-state index in [0.29, 0.717) is 28.8 Å². The quantitative estimate of drug-likeness (QED) is 0.320. The van der Waals surface area contributed by atoms with Crippen LogP contribution in [0.4, 0.5) is 5.69 Å². The van der Waals surface area contributed by atoms with Crippen molar-refractivity contribution in [1.82, 2.24) is 25.0 Å². The molecular weight excluding hydrogens is 556 g/mol. The minimum Gasteiger partial charge on any atom is -0.481 e. The molecule has 0 bridgehead atoms. The first kappa shape index (κ1) is 29.0. The van der Waals surface area contributed by atoms with Gasteiger partial charge in [-0.05, 0) is 36.2 Å². The number of hydrogen-bond donors (Lipinski definition) is 2. The average Bonchev–Trinajstić information content (AvgIpc) is 2.94. The molecule has 11 heteroatoms. The number of pyridine rings is 1. The topological polar surface area (TPSA) is 118 Å². The first-order valence-electron chi connectivity index (χ1n) is 13.4. The summed E-state index contributed by atoms with van der Waals surface area (Å²) in [6.07, 6.45) is 1.41. The lowest BCUT2D eigenvalue weighted by Gasteiger charge is -2.39. The van der Waals surface area contributed by atoms with Gasteiger partial charge in [-0.25, -0.2) is 9.67 Å². The summed E-state index contributed by atoms with van der Waals surface area (Å²) in [7, 11) is 3.09. The van der Waals surface area contributed by atoms with E-state index in [1.807, 2.05) is 49.4 Å². The van der Waals surface area contributed by atoms with Crippen LogP contribution < -0.4 is 20.9 Å². The number of nitrogens with one attached hydrogen (secondary N) is 2. The molecule has 1 saturated heterocycles. The Morgan fingerprint density at radius 2 is 1.76 bits per heavy atom. The molecule has 5 rings (SSSR count).